The largest absolute Gasteiger partial charge is 0.489 e. The molecule has 0 aliphatic carbocycles. The molecular weight excluding hydrogens is 414 g/mol. The van der Waals surface area contributed by atoms with E-state index in [9.17, 15) is 26.3 Å². The van der Waals surface area contributed by atoms with Crippen molar-refractivity contribution in [3.8, 4) is 5.75 Å². The van der Waals surface area contributed by atoms with Crippen molar-refractivity contribution >= 4 is 0 Å². The molecule has 5 nitrogen and oxygen atoms in total. The molecular formula is C19H20F6N4O. The van der Waals surface area contributed by atoms with Gasteiger partial charge in [0.15, 0.2) is 5.82 Å². The molecule has 3 rings (SSSR count). The second-order valence-electron chi connectivity index (χ2n) is 5.47. The van der Waals surface area contributed by atoms with Crippen LogP contribution in [0.15, 0.2) is 48.5 Å². The van der Waals surface area contributed by atoms with E-state index in [-0.39, 0.29) is 17.9 Å². The van der Waals surface area contributed by atoms with Gasteiger partial charge in [-0.3, -0.25) is 0 Å². The molecule has 0 aliphatic heterocycles. The third kappa shape index (κ3) is 8.50. The number of ether oxygens (including phenoxy) is 1. The Hall–Kier alpha value is -3.11. The first-order chi connectivity index (χ1) is 14.1. The molecule has 30 heavy (non-hydrogen) atoms. The van der Waals surface area contributed by atoms with Gasteiger partial charge in [-0.1, -0.05) is 31.2 Å². The number of halogens is 6. The maximum absolute atomic E-state index is 12.5. The van der Waals surface area contributed by atoms with E-state index in [4.69, 9.17) is 4.74 Å². The summed E-state index contributed by atoms with van der Waals surface area (Å²) in [7, 11) is 0. The lowest BCUT2D eigenvalue weighted by Crippen LogP contribution is -2.06. The molecule has 0 atom stereocenters. The average molecular weight is 434 g/mol. The zero-order chi connectivity index (χ0) is 22.8. The topological polar surface area (TPSA) is 63.7 Å². The van der Waals surface area contributed by atoms with Gasteiger partial charge in [-0.25, -0.2) is 0 Å². The molecule has 1 N–H and O–H groups in total. The van der Waals surface area contributed by atoms with Crippen molar-refractivity contribution in [3.05, 3.63) is 71.0 Å². The lowest BCUT2D eigenvalue weighted by Gasteiger charge is -2.11. The Bertz CT molecular complexity index is 862. The van der Waals surface area contributed by atoms with E-state index in [2.05, 4.69) is 20.6 Å². The van der Waals surface area contributed by atoms with Crippen molar-refractivity contribution in [3.63, 3.8) is 0 Å². The van der Waals surface area contributed by atoms with E-state index in [0.717, 1.165) is 36.4 Å². The van der Waals surface area contributed by atoms with Crippen molar-refractivity contribution in [2.45, 2.75) is 39.7 Å². The van der Waals surface area contributed by atoms with Crippen molar-refractivity contribution in [2.24, 2.45) is 0 Å². The van der Waals surface area contributed by atoms with Gasteiger partial charge in [0.05, 0.1) is 11.1 Å². The van der Waals surface area contributed by atoms with Gasteiger partial charge in [0, 0.05) is 0 Å². The Kier molecular flexibility index (Phi) is 9.28. The Morgan fingerprint density at radius 2 is 1.47 bits per heavy atom. The highest BCUT2D eigenvalue weighted by molar-refractivity contribution is 5.30. The fourth-order valence-corrected chi connectivity index (χ4v) is 1.96. The maximum atomic E-state index is 12.5. The molecule has 0 radical (unpaired) electrons. The molecule has 0 unspecified atom stereocenters. The molecule has 164 valence electrons. The van der Waals surface area contributed by atoms with Crippen LogP contribution in [0.1, 0.15) is 36.4 Å². The molecule has 0 amide bonds. The summed E-state index contributed by atoms with van der Waals surface area (Å²) in [4.78, 5) is 0. The Labute approximate surface area is 169 Å². The summed E-state index contributed by atoms with van der Waals surface area (Å²) in [6.45, 7) is 5.60. The van der Waals surface area contributed by atoms with E-state index in [1.807, 2.05) is 13.8 Å². The highest BCUT2D eigenvalue weighted by atomic mass is 19.4. The number of hydrogen-bond acceptors (Lipinski definition) is 4. The van der Waals surface area contributed by atoms with Crippen LogP contribution in [0.5, 0.6) is 5.75 Å². The Morgan fingerprint density at radius 1 is 0.867 bits per heavy atom. The molecule has 2 aromatic carbocycles. The Balaban J connectivity index is 0.000000474. The minimum atomic E-state index is -4.45. The van der Waals surface area contributed by atoms with Gasteiger partial charge >= 0.3 is 12.4 Å². The van der Waals surface area contributed by atoms with Crippen LogP contribution in [0.2, 0.25) is 0 Å². The summed E-state index contributed by atoms with van der Waals surface area (Å²) in [5, 5.41) is 12.7. The van der Waals surface area contributed by atoms with Gasteiger partial charge in [0.2, 0.25) is 0 Å². The highest BCUT2D eigenvalue weighted by Crippen LogP contribution is 2.31. The van der Waals surface area contributed by atoms with Crippen molar-refractivity contribution in [1.29, 1.82) is 0 Å². The number of benzene rings is 2. The smallest absolute Gasteiger partial charge is 0.416 e. The Morgan fingerprint density at radius 3 is 1.90 bits per heavy atom. The molecule has 1 heterocycles. The first kappa shape index (κ1) is 24.9. The number of aromatic amines is 1. The SMILES string of the molecule is CC.Cc1nn[nH]n1.FC(F)(F)c1ccc(OCc2cccc(C(F)(F)F)c2)cc1. The number of hydrogen-bond donors (Lipinski definition) is 1. The molecule has 3 aromatic rings. The van der Waals surface area contributed by atoms with Gasteiger partial charge in [-0.05, 0) is 48.9 Å². The number of nitrogens with zero attached hydrogens (tertiary/aromatic N) is 3. The number of alkyl halides is 6. The number of nitrogens with one attached hydrogen (secondary N) is 1. The predicted octanol–water partition coefficient (Wildman–Crippen LogP) is 5.84. The zero-order valence-corrected chi connectivity index (χ0v) is 16.3. The predicted molar refractivity (Wildman–Crippen MR) is 97.5 cm³/mol. The second kappa shape index (κ2) is 11.2. The third-order valence-corrected chi connectivity index (χ3v) is 3.29. The molecule has 0 saturated carbocycles. The summed E-state index contributed by atoms with van der Waals surface area (Å²) in [6.07, 6.45) is -8.90. The van der Waals surface area contributed by atoms with Crippen molar-refractivity contribution in [2.75, 3.05) is 0 Å². The van der Waals surface area contributed by atoms with Gasteiger partial charge in [-0.2, -0.15) is 31.6 Å². The van der Waals surface area contributed by atoms with E-state index in [1.165, 1.54) is 12.1 Å². The molecule has 0 spiro atoms. The summed E-state index contributed by atoms with van der Waals surface area (Å²) in [5.41, 5.74) is -1.35. The van der Waals surface area contributed by atoms with E-state index < -0.39 is 23.5 Å². The minimum Gasteiger partial charge on any atom is -0.489 e. The van der Waals surface area contributed by atoms with Crippen molar-refractivity contribution < 1.29 is 31.1 Å². The number of tetrazole rings is 1. The van der Waals surface area contributed by atoms with Gasteiger partial charge in [-0.15, -0.1) is 10.2 Å². The van der Waals surface area contributed by atoms with Crippen LogP contribution < -0.4 is 4.74 Å². The normalized spacial score (nSPS) is 11.0. The van der Waals surface area contributed by atoms with Gasteiger partial charge < -0.3 is 4.74 Å². The van der Waals surface area contributed by atoms with Gasteiger partial charge in [0.25, 0.3) is 0 Å². The van der Waals surface area contributed by atoms with Crippen LogP contribution in [-0.4, -0.2) is 20.6 Å². The summed E-state index contributed by atoms with van der Waals surface area (Å²) in [6, 6.07) is 8.50. The molecule has 11 heteroatoms. The van der Waals surface area contributed by atoms with E-state index >= 15 is 0 Å². The maximum Gasteiger partial charge on any atom is 0.416 e. The monoisotopic (exact) mass is 434 g/mol. The van der Waals surface area contributed by atoms with Gasteiger partial charge in [0.1, 0.15) is 12.4 Å². The number of H-pyrrole nitrogens is 1. The zero-order valence-electron chi connectivity index (χ0n) is 16.3. The number of aryl methyl sites for hydroxylation is 1. The summed E-state index contributed by atoms with van der Waals surface area (Å²) in [5.74, 6) is 0.820. The van der Waals surface area contributed by atoms with Crippen molar-refractivity contribution in [1.82, 2.24) is 20.6 Å². The van der Waals surface area contributed by atoms with Crippen LogP contribution in [0.3, 0.4) is 0 Å². The van der Waals surface area contributed by atoms with Crippen LogP contribution in [-0.2, 0) is 19.0 Å². The fraction of sp³-hybridized carbons (Fsp3) is 0.316. The second-order valence-corrected chi connectivity index (χ2v) is 5.47. The first-order valence-electron chi connectivity index (χ1n) is 8.72. The van der Waals surface area contributed by atoms with Crippen LogP contribution in [0, 0.1) is 6.92 Å². The molecule has 0 aliphatic rings. The highest BCUT2D eigenvalue weighted by Gasteiger charge is 2.31. The summed E-state index contributed by atoms with van der Waals surface area (Å²) >= 11 is 0. The van der Waals surface area contributed by atoms with E-state index in [1.54, 1.807) is 6.92 Å². The number of rotatable bonds is 3. The van der Waals surface area contributed by atoms with E-state index in [0.29, 0.717) is 5.82 Å². The van der Waals surface area contributed by atoms with Crippen LogP contribution in [0.4, 0.5) is 26.3 Å². The molecule has 0 fully saturated rings. The molecule has 0 bridgehead atoms. The molecule has 0 saturated heterocycles. The standard InChI is InChI=1S/C15H10F6O.C2H4N4.C2H6/c16-14(17,18)11-4-6-13(7-5-11)22-9-10-2-1-3-12(8-10)15(19,20)21;1-2-3-5-6-4-2;1-2/h1-8H,9H2;1H3,(H,3,4,5,6);1-2H3. The number of aromatic nitrogens is 4. The quantitative estimate of drug-likeness (QED) is 0.527. The van der Waals surface area contributed by atoms with Crippen LogP contribution >= 0.6 is 0 Å². The lowest BCUT2D eigenvalue weighted by molar-refractivity contribution is -0.138. The average Bonchev–Trinajstić information content (AvgIpc) is 3.19. The molecule has 1 aromatic heterocycles. The first-order valence-corrected chi connectivity index (χ1v) is 8.72. The summed E-state index contributed by atoms with van der Waals surface area (Å²) < 4.78 is 80.0. The van der Waals surface area contributed by atoms with Crippen LogP contribution in [0.25, 0.3) is 0 Å². The lowest BCUT2D eigenvalue weighted by atomic mass is 10.1. The third-order valence-electron chi connectivity index (χ3n) is 3.29. The minimum absolute atomic E-state index is 0.144. The fourth-order valence-electron chi connectivity index (χ4n) is 1.96.